The number of rotatable bonds is 5. The van der Waals surface area contributed by atoms with Gasteiger partial charge in [0, 0.05) is 24.7 Å². The highest BCUT2D eigenvalue weighted by atomic mass is 32.2. The van der Waals surface area contributed by atoms with Crippen molar-refractivity contribution < 1.29 is 19.0 Å². The predicted octanol–water partition coefficient (Wildman–Crippen LogP) is 4.46. The Morgan fingerprint density at radius 1 is 1.24 bits per heavy atom. The topological polar surface area (TPSA) is 74.7 Å². The second-order valence-corrected chi connectivity index (χ2v) is 7.91. The first-order valence-electron chi connectivity index (χ1n) is 9.21. The summed E-state index contributed by atoms with van der Waals surface area (Å²) in [7, 11) is 0. The Labute approximate surface area is 171 Å². The Bertz CT molecular complexity index is 1070. The summed E-state index contributed by atoms with van der Waals surface area (Å²) >= 11 is 1.51. The molecule has 0 unspecified atom stereocenters. The van der Waals surface area contributed by atoms with Crippen molar-refractivity contribution in [2.75, 3.05) is 31.6 Å². The van der Waals surface area contributed by atoms with Gasteiger partial charge in [0.25, 0.3) is 0 Å². The molecule has 29 heavy (non-hydrogen) atoms. The van der Waals surface area contributed by atoms with E-state index in [1.807, 2.05) is 13.0 Å². The van der Waals surface area contributed by atoms with Crippen molar-refractivity contribution in [2.24, 2.45) is 0 Å². The van der Waals surface area contributed by atoms with Crippen molar-refractivity contribution in [2.45, 2.75) is 11.8 Å². The molecule has 1 aromatic heterocycles. The molecule has 0 saturated carbocycles. The van der Waals surface area contributed by atoms with E-state index in [2.05, 4.69) is 14.6 Å². The number of carboxylic acid groups (broad SMARTS) is 1. The fourth-order valence-electron chi connectivity index (χ4n) is 3.20. The summed E-state index contributed by atoms with van der Waals surface area (Å²) in [5.74, 6) is -1.40. The molecule has 8 heteroatoms. The van der Waals surface area contributed by atoms with Crippen LogP contribution in [0.15, 0.2) is 47.5 Å². The highest BCUT2D eigenvalue weighted by Gasteiger charge is 2.19. The van der Waals surface area contributed by atoms with Crippen LogP contribution in [0.1, 0.15) is 15.9 Å². The zero-order valence-corrected chi connectivity index (χ0v) is 16.6. The number of ether oxygens (including phenoxy) is 1. The SMILES string of the molecule is Cc1ccc(Nc2c(SN3CCOCC3)cnc3ccc(F)cc23)c(C(=O)O)c1. The number of pyridine rings is 1. The molecule has 2 N–H and O–H groups in total. The molecule has 0 amide bonds. The lowest BCUT2D eigenvalue weighted by Gasteiger charge is -2.26. The molecule has 6 nitrogen and oxygen atoms in total. The first-order chi connectivity index (χ1) is 14.0. The number of benzene rings is 2. The molecular formula is C21H20FN3O3S. The standard InChI is InChI=1S/C21H20FN3O3S/c1-13-2-4-18(16(10-13)21(26)27)24-20-15-11-14(22)3-5-17(15)23-12-19(20)29-25-6-8-28-9-7-25/h2-5,10-12H,6-9H2,1H3,(H,23,24)(H,26,27). The number of aromatic nitrogens is 1. The highest BCUT2D eigenvalue weighted by Crippen LogP contribution is 2.38. The molecule has 0 aliphatic carbocycles. The zero-order chi connectivity index (χ0) is 20.4. The van der Waals surface area contributed by atoms with Gasteiger partial charge in [0.15, 0.2) is 0 Å². The van der Waals surface area contributed by atoms with Gasteiger partial charge in [-0.05, 0) is 49.2 Å². The molecule has 1 saturated heterocycles. The summed E-state index contributed by atoms with van der Waals surface area (Å²) in [6, 6.07) is 9.59. The Morgan fingerprint density at radius 3 is 2.79 bits per heavy atom. The van der Waals surface area contributed by atoms with E-state index in [0.717, 1.165) is 23.5 Å². The van der Waals surface area contributed by atoms with Crippen molar-refractivity contribution in [1.82, 2.24) is 9.29 Å². The van der Waals surface area contributed by atoms with Crippen LogP contribution in [0.5, 0.6) is 0 Å². The van der Waals surface area contributed by atoms with E-state index in [1.54, 1.807) is 24.4 Å². The molecule has 0 atom stereocenters. The van der Waals surface area contributed by atoms with Crippen molar-refractivity contribution in [3.63, 3.8) is 0 Å². The smallest absolute Gasteiger partial charge is 0.337 e. The van der Waals surface area contributed by atoms with Crippen LogP contribution in [0.4, 0.5) is 15.8 Å². The molecule has 1 aliphatic heterocycles. The lowest BCUT2D eigenvalue weighted by atomic mass is 10.1. The van der Waals surface area contributed by atoms with Crippen LogP contribution < -0.4 is 5.32 Å². The highest BCUT2D eigenvalue weighted by molar-refractivity contribution is 7.97. The van der Waals surface area contributed by atoms with Gasteiger partial charge in [-0.15, -0.1) is 0 Å². The molecule has 2 heterocycles. The summed E-state index contributed by atoms with van der Waals surface area (Å²) in [6.45, 7) is 4.65. The maximum absolute atomic E-state index is 14.0. The molecule has 2 aromatic carbocycles. The van der Waals surface area contributed by atoms with Gasteiger partial charge in [0.1, 0.15) is 5.82 Å². The summed E-state index contributed by atoms with van der Waals surface area (Å²) < 4.78 is 21.6. The van der Waals surface area contributed by atoms with E-state index >= 15 is 0 Å². The van der Waals surface area contributed by atoms with Gasteiger partial charge in [-0.3, -0.25) is 4.98 Å². The van der Waals surface area contributed by atoms with Crippen LogP contribution in [0, 0.1) is 12.7 Å². The number of fused-ring (bicyclic) bond motifs is 1. The minimum Gasteiger partial charge on any atom is -0.478 e. The van der Waals surface area contributed by atoms with Crippen LogP contribution >= 0.6 is 11.9 Å². The predicted molar refractivity (Wildman–Crippen MR) is 111 cm³/mol. The molecule has 0 bridgehead atoms. The summed E-state index contributed by atoms with van der Waals surface area (Å²) in [5, 5.41) is 13.5. The normalized spacial score (nSPS) is 14.8. The number of aryl methyl sites for hydroxylation is 1. The van der Waals surface area contributed by atoms with Crippen molar-refractivity contribution in [3.8, 4) is 0 Å². The molecule has 4 rings (SSSR count). The quantitative estimate of drug-likeness (QED) is 0.598. The van der Waals surface area contributed by atoms with Crippen LogP contribution in [0.25, 0.3) is 10.9 Å². The van der Waals surface area contributed by atoms with Crippen molar-refractivity contribution in [1.29, 1.82) is 0 Å². The maximum Gasteiger partial charge on any atom is 0.337 e. The third-order valence-electron chi connectivity index (χ3n) is 4.66. The molecule has 3 aromatic rings. The fraction of sp³-hybridized carbons (Fsp3) is 0.238. The molecule has 0 spiro atoms. The van der Waals surface area contributed by atoms with Gasteiger partial charge in [-0.1, -0.05) is 11.6 Å². The molecular weight excluding hydrogens is 393 g/mol. The minimum absolute atomic E-state index is 0.161. The number of halogens is 1. The van der Waals surface area contributed by atoms with Gasteiger partial charge in [-0.25, -0.2) is 13.5 Å². The largest absolute Gasteiger partial charge is 0.478 e. The summed E-state index contributed by atoms with van der Waals surface area (Å²) in [4.78, 5) is 17.0. The number of anilines is 2. The van der Waals surface area contributed by atoms with Crippen molar-refractivity contribution in [3.05, 3.63) is 59.5 Å². The molecule has 1 aliphatic rings. The Morgan fingerprint density at radius 2 is 2.03 bits per heavy atom. The number of aromatic carboxylic acids is 1. The number of hydrogen-bond donors (Lipinski definition) is 2. The van der Waals surface area contributed by atoms with Gasteiger partial charge >= 0.3 is 5.97 Å². The third kappa shape index (κ3) is 4.34. The first kappa shape index (κ1) is 19.6. The number of carboxylic acids is 1. The van der Waals surface area contributed by atoms with Gasteiger partial charge in [-0.2, -0.15) is 0 Å². The lowest BCUT2D eigenvalue weighted by molar-refractivity contribution is 0.0698. The summed E-state index contributed by atoms with van der Waals surface area (Å²) in [6.07, 6.45) is 1.73. The van der Waals surface area contributed by atoms with E-state index in [4.69, 9.17) is 4.74 Å². The number of hydrogen-bond acceptors (Lipinski definition) is 6. The lowest BCUT2D eigenvalue weighted by Crippen LogP contribution is -2.31. The minimum atomic E-state index is -1.02. The number of carbonyl (C=O) groups is 1. The van der Waals surface area contributed by atoms with Crippen LogP contribution in [-0.2, 0) is 4.74 Å². The molecule has 0 radical (unpaired) electrons. The number of nitrogens with zero attached hydrogens (tertiary/aromatic N) is 2. The van der Waals surface area contributed by atoms with E-state index in [9.17, 15) is 14.3 Å². The average Bonchev–Trinajstić information content (AvgIpc) is 2.71. The number of nitrogens with one attached hydrogen (secondary N) is 1. The third-order valence-corrected chi connectivity index (χ3v) is 5.79. The summed E-state index contributed by atoms with van der Waals surface area (Å²) in [5.41, 5.74) is 2.72. The molecule has 1 fully saturated rings. The van der Waals surface area contributed by atoms with E-state index in [1.165, 1.54) is 24.1 Å². The van der Waals surface area contributed by atoms with Crippen molar-refractivity contribution >= 4 is 40.2 Å². The Hall–Kier alpha value is -2.68. The van der Waals surface area contributed by atoms with Gasteiger partial charge in [0.05, 0.1) is 40.6 Å². The average molecular weight is 413 g/mol. The van der Waals surface area contributed by atoms with E-state index in [0.29, 0.717) is 35.5 Å². The fourth-order valence-corrected chi connectivity index (χ4v) is 4.16. The van der Waals surface area contributed by atoms with Crippen LogP contribution in [-0.4, -0.2) is 46.7 Å². The molecule has 150 valence electrons. The van der Waals surface area contributed by atoms with Crippen LogP contribution in [0.3, 0.4) is 0 Å². The monoisotopic (exact) mass is 413 g/mol. The van der Waals surface area contributed by atoms with Gasteiger partial charge in [0.2, 0.25) is 0 Å². The zero-order valence-electron chi connectivity index (χ0n) is 15.8. The maximum atomic E-state index is 14.0. The van der Waals surface area contributed by atoms with E-state index < -0.39 is 5.97 Å². The number of morpholine rings is 1. The second kappa shape index (κ2) is 8.36. The Kier molecular flexibility index (Phi) is 5.66. The first-order valence-corrected chi connectivity index (χ1v) is 9.98. The second-order valence-electron chi connectivity index (χ2n) is 6.77. The van der Waals surface area contributed by atoms with E-state index in [-0.39, 0.29) is 11.4 Å². The Balaban J connectivity index is 1.81. The van der Waals surface area contributed by atoms with Crippen LogP contribution in [0.2, 0.25) is 0 Å². The van der Waals surface area contributed by atoms with Gasteiger partial charge < -0.3 is 15.2 Å².